The molecule has 0 spiro atoms. The summed E-state index contributed by atoms with van der Waals surface area (Å²) < 4.78 is 28.6. The number of halogens is 3. The van der Waals surface area contributed by atoms with Gasteiger partial charge >= 0.3 is 6.61 Å². The molecule has 0 saturated carbocycles. The molecule has 6 heteroatoms. The molecular formula is C14H16ClF2NO2. The molecule has 0 aromatic heterocycles. The standard InChI is InChI=1S/C14H16ClF2NO2/c15-6-4-10-5-7-18(9-10)13(19)11-2-1-3-12(8-11)20-14(16)17/h1-3,8,10,14H,4-7,9H2. The number of carbonyl (C=O) groups is 1. The van der Waals surface area contributed by atoms with Gasteiger partial charge in [-0.15, -0.1) is 11.6 Å². The zero-order valence-corrected chi connectivity index (χ0v) is 11.7. The predicted molar refractivity (Wildman–Crippen MR) is 72.4 cm³/mol. The van der Waals surface area contributed by atoms with Gasteiger partial charge in [0, 0.05) is 24.5 Å². The third kappa shape index (κ3) is 3.82. The van der Waals surface area contributed by atoms with Gasteiger partial charge in [-0.1, -0.05) is 6.07 Å². The Labute approximate surface area is 121 Å². The lowest BCUT2D eigenvalue weighted by molar-refractivity contribution is -0.0499. The van der Waals surface area contributed by atoms with Crippen LogP contribution in [-0.4, -0.2) is 36.4 Å². The molecular weight excluding hydrogens is 288 g/mol. The highest BCUT2D eigenvalue weighted by molar-refractivity contribution is 6.17. The van der Waals surface area contributed by atoms with Crippen molar-refractivity contribution in [2.24, 2.45) is 5.92 Å². The molecule has 1 atom stereocenters. The Morgan fingerprint density at radius 2 is 2.30 bits per heavy atom. The van der Waals surface area contributed by atoms with Crippen LogP contribution in [-0.2, 0) is 0 Å². The topological polar surface area (TPSA) is 29.5 Å². The molecule has 1 saturated heterocycles. The Morgan fingerprint density at radius 1 is 1.50 bits per heavy atom. The van der Waals surface area contributed by atoms with Gasteiger partial charge in [-0.3, -0.25) is 4.79 Å². The smallest absolute Gasteiger partial charge is 0.387 e. The Hall–Kier alpha value is -1.36. The molecule has 1 amide bonds. The molecule has 1 aliphatic rings. The van der Waals surface area contributed by atoms with E-state index in [9.17, 15) is 13.6 Å². The van der Waals surface area contributed by atoms with Gasteiger partial charge in [0.05, 0.1) is 0 Å². The van der Waals surface area contributed by atoms with E-state index in [-0.39, 0.29) is 11.7 Å². The number of nitrogens with zero attached hydrogens (tertiary/aromatic N) is 1. The minimum absolute atomic E-state index is 0.00218. The molecule has 0 bridgehead atoms. The van der Waals surface area contributed by atoms with Crippen molar-refractivity contribution in [3.8, 4) is 5.75 Å². The maximum absolute atomic E-state index is 12.3. The number of likely N-dealkylation sites (tertiary alicyclic amines) is 1. The molecule has 1 unspecified atom stereocenters. The minimum Gasteiger partial charge on any atom is -0.435 e. The summed E-state index contributed by atoms with van der Waals surface area (Å²) in [5, 5.41) is 0. The van der Waals surface area contributed by atoms with Crippen LogP contribution in [0.4, 0.5) is 8.78 Å². The number of rotatable bonds is 5. The SMILES string of the molecule is O=C(c1cccc(OC(F)F)c1)N1CCC(CCCl)C1. The van der Waals surface area contributed by atoms with Crippen LogP contribution in [0.25, 0.3) is 0 Å². The molecule has 1 aromatic rings. The van der Waals surface area contributed by atoms with Gasteiger partial charge in [0.15, 0.2) is 0 Å². The van der Waals surface area contributed by atoms with Gasteiger partial charge in [-0.25, -0.2) is 0 Å². The molecule has 0 N–H and O–H groups in total. The molecule has 1 fully saturated rings. The van der Waals surface area contributed by atoms with Crippen molar-refractivity contribution in [1.29, 1.82) is 0 Å². The van der Waals surface area contributed by atoms with E-state index in [4.69, 9.17) is 11.6 Å². The highest BCUT2D eigenvalue weighted by Crippen LogP contribution is 2.23. The third-order valence-electron chi connectivity index (χ3n) is 3.40. The van der Waals surface area contributed by atoms with Gasteiger partial charge in [-0.05, 0) is 37.0 Å². The van der Waals surface area contributed by atoms with Crippen LogP contribution < -0.4 is 4.74 Å². The van der Waals surface area contributed by atoms with Crippen LogP contribution in [0.15, 0.2) is 24.3 Å². The molecule has 1 aromatic carbocycles. The fourth-order valence-electron chi connectivity index (χ4n) is 2.39. The average molecular weight is 304 g/mol. The number of ether oxygens (including phenoxy) is 1. The van der Waals surface area contributed by atoms with E-state index in [2.05, 4.69) is 4.74 Å². The van der Waals surface area contributed by atoms with Crippen molar-refractivity contribution in [3.63, 3.8) is 0 Å². The Morgan fingerprint density at radius 3 is 3.00 bits per heavy atom. The fourth-order valence-corrected chi connectivity index (χ4v) is 2.70. The lowest BCUT2D eigenvalue weighted by atomic mass is 10.1. The summed E-state index contributed by atoms with van der Waals surface area (Å²) >= 11 is 5.70. The molecule has 0 aliphatic carbocycles. The number of hydrogen-bond acceptors (Lipinski definition) is 2. The summed E-state index contributed by atoms with van der Waals surface area (Å²) in [4.78, 5) is 14.0. The molecule has 1 aliphatic heterocycles. The summed E-state index contributed by atoms with van der Waals surface area (Å²) in [5.41, 5.74) is 0.370. The normalized spacial score (nSPS) is 18.6. The summed E-state index contributed by atoms with van der Waals surface area (Å²) in [6.45, 7) is -1.54. The lowest BCUT2D eigenvalue weighted by Crippen LogP contribution is -2.28. The Balaban J connectivity index is 2.02. The lowest BCUT2D eigenvalue weighted by Gasteiger charge is -2.17. The second-order valence-electron chi connectivity index (χ2n) is 4.79. The van der Waals surface area contributed by atoms with E-state index in [0.29, 0.717) is 30.5 Å². The number of carbonyl (C=O) groups excluding carboxylic acids is 1. The first-order chi connectivity index (χ1) is 9.60. The minimum atomic E-state index is -2.89. The van der Waals surface area contributed by atoms with Gasteiger partial charge in [0.1, 0.15) is 5.75 Å². The number of amides is 1. The van der Waals surface area contributed by atoms with Crippen molar-refractivity contribution in [2.45, 2.75) is 19.5 Å². The quantitative estimate of drug-likeness (QED) is 0.781. The zero-order chi connectivity index (χ0) is 14.5. The number of benzene rings is 1. The maximum atomic E-state index is 12.3. The van der Waals surface area contributed by atoms with Gasteiger partial charge < -0.3 is 9.64 Å². The summed E-state index contributed by atoms with van der Waals surface area (Å²) in [5.74, 6) is 0.866. The fraction of sp³-hybridized carbons (Fsp3) is 0.500. The van der Waals surface area contributed by atoms with Crippen LogP contribution >= 0.6 is 11.6 Å². The van der Waals surface area contributed by atoms with Gasteiger partial charge in [-0.2, -0.15) is 8.78 Å². The van der Waals surface area contributed by atoms with Crippen LogP contribution in [0.3, 0.4) is 0 Å². The summed E-state index contributed by atoms with van der Waals surface area (Å²) in [7, 11) is 0. The second-order valence-corrected chi connectivity index (χ2v) is 5.17. The molecule has 2 rings (SSSR count). The van der Waals surface area contributed by atoms with E-state index >= 15 is 0 Å². The highest BCUT2D eigenvalue weighted by atomic mass is 35.5. The van der Waals surface area contributed by atoms with Gasteiger partial charge in [0.2, 0.25) is 0 Å². The van der Waals surface area contributed by atoms with Crippen LogP contribution in [0.2, 0.25) is 0 Å². The molecule has 0 radical (unpaired) electrons. The number of hydrogen-bond donors (Lipinski definition) is 0. The van der Waals surface area contributed by atoms with E-state index in [0.717, 1.165) is 12.8 Å². The predicted octanol–water partition coefficient (Wildman–Crippen LogP) is 3.38. The largest absolute Gasteiger partial charge is 0.435 e. The van der Waals surface area contributed by atoms with Crippen LogP contribution in [0, 0.1) is 5.92 Å². The van der Waals surface area contributed by atoms with Crippen LogP contribution in [0.5, 0.6) is 5.75 Å². The van der Waals surface area contributed by atoms with Crippen molar-refractivity contribution in [1.82, 2.24) is 4.90 Å². The van der Waals surface area contributed by atoms with Crippen molar-refractivity contribution in [2.75, 3.05) is 19.0 Å². The molecule has 20 heavy (non-hydrogen) atoms. The van der Waals surface area contributed by atoms with Crippen molar-refractivity contribution in [3.05, 3.63) is 29.8 Å². The first-order valence-corrected chi connectivity index (χ1v) is 7.03. The van der Waals surface area contributed by atoms with E-state index in [1.54, 1.807) is 11.0 Å². The van der Waals surface area contributed by atoms with Crippen LogP contribution in [0.1, 0.15) is 23.2 Å². The zero-order valence-electron chi connectivity index (χ0n) is 10.9. The molecule has 3 nitrogen and oxygen atoms in total. The van der Waals surface area contributed by atoms with Crippen molar-refractivity contribution < 1.29 is 18.3 Å². The summed E-state index contributed by atoms with van der Waals surface area (Å²) in [6.07, 6.45) is 1.82. The van der Waals surface area contributed by atoms with Crippen molar-refractivity contribution >= 4 is 17.5 Å². The van der Waals surface area contributed by atoms with Gasteiger partial charge in [0.25, 0.3) is 5.91 Å². The Kier molecular flexibility index (Phi) is 5.17. The average Bonchev–Trinajstić information content (AvgIpc) is 2.86. The monoisotopic (exact) mass is 303 g/mol. The first kappa shape index (κ1) is 15.0. The Bertz CT molecular complexity index is 470. The summed E-state index contributed by atoms with van der Waals surface area (Å²) in [6, 6.07) is 5.90. The number of alkyl halides is 3. The first-order valence-electron chi connectivity index (χ1n) is 6.50. The molecule has 110 valence electrons. The molecule has 1 heterocycles. The van der Waals surface area contributed by atoms with E-state index < -0.39 is 6.61 Å². The van der Waals surface area contributed by atoms with E-state index in [1.165, 1.54) is 18.2 Å². The maximum Gasteiger partial charge on any atom is 0.387 e. The van der Waals surface area contributed by atoms with E-state index in [1.807, 2.05) is 0 Å². The highest BCUT2D eigenvalue weighted by Gasteiger charge is 2.26. The second kappa shape index (κ2) is 6.88. The third-order valence-corrected chi connectivity index (χ3v) is 3.61.